The van der Waals surface area contributed by atoms with E-state index in [2.05, 4.69) is 15.0 Å². The minimum atomic E-state index is -1.01. The molecule has 5 nitrogen and oxygen atoms in total. The summed E-state index contributed by atoms with van der Waals surface area (Å²) < 4.78 is 0. The Bertz CT molecular complexity index is 818. The second-order valence-electron chi connectivity index (χ2n) is 4.98. The summed E-state index contributed by atoms with van der Waals surface area (Å²) in [6, 6.07) is 14.0. The Kier molecular flexibility index (Phi) is 4.74. The summed E-state index contributed by atoms with van der Waals surface area (Å²) in [6.45, 7) is 0. The molecule has 0 aliphatic rings. The predicted molar refractivity (Wildman–Crippen MR) is 92.1 cm³/mol. The van der Waals surface area contributed by atoms with Crippen LogP contribution in [0, 0.1) is 0 Å². The van der Waals surface area contributed by atoms with Crippen LogP contribution in [-0.2, 0) is 11.2 Å². The number of nitrogens with zero attached hydrogens (tertiary/aromatic N) is 3. The molecule has 0 spiro atoms. The monoisotopic (exact) mass is 359 g/mol. The Balaban J connectivity index is 2.11. The van der Waals surface area contributed by atoms with Gasteiger partial charge in [-0.05, 0) is 48.5 Å². The third-order valence-electron chi connectivity index (χ3n) is 3.20. The van der Waals surface area contributed by atoms with Gasteiger partial charge in [0.2, 0.25) is 0 Å². The van der Waals surface area contributed by atoms with Crippen molar-refractivity contribution in [1.29, 1.82) is 0 Å². The van der Waals surface area contributed by atoms with Gasteiger partial charge in [0.05, 0.1) is 0 Å². The number of hydrogen-bond donors (Lipinski definition) is 1. The molecule has 0 saturated heterocycles. The number of aliphatic carboxylic acids is 1. The minimum absolute atomic E-state index is 0.187. The van der Waals surface area contributed by atoms with E-state index < -0.39 is 5.97 Å². The highest BCUT2D eigenvalue weighted by atomic mass is 35.5. The van der Waals surface area contributed by atoms with Crippen molar-refractivity contribution in [3.8, 4) is 22.8 Å². The number of carbonyl (C=O) groups is 1. The molecule has 0 radical (unpaired) electrons. The highest BCUT2D eigenvalue weighted by Gasteiger charge is 2.12. The molecular formula is C17H11Cl2N3O2. The maximum atomic E-state index is 11.0. The molecule has 1 N–H and O–H groups in total. The standard InChI is InChI=1S/C17H11Cl2N3O2/c18-12-5-1-10(2-6-12)16-20-14(9-15(23)24)21-17(22-16)11-3-7-13(19)8-4-11/h1-8H,9H2,(H,23,24). The maximum Gasteiger partial charge on any atom is 0.311 e. The van der Waals surface area contributed by atoms with E-state index in [4.69, 9.17) is 28.3 Å². The van der Waals surface area contributed by atoms with Crippen LogP contribution in [0.1, 0.15) is 5.82 Å². The number of carboxylic acid groups (broad SMARTS) is 1. The molecule has 3 rings (SSSR count). The van der Waals surface area contributed by atoms with Gasteiger partial charge in [-0.2, -0.15) is 0 Å². The summed E-state index contributed by atoms with van der Waals surface area (Å²) in [5, 5.41) is 10.2. The zero-order valence-corrected chi connectivity index (χ0v) is 13.8. The molecule has 0 saturated carbocycles. The molecule has 24 heavy (non-hydrogen) atoms. The number of aromatic nitrogens is 3. The highest BCUT2D eigenvalue weighted by molar-refractivity contribution is 6.30. The van der Waals surface area contributed by atoms with Gasteiger partial charge in [-0.3, -0.25) is 4.79 Å². The van der Waals surface area contributed by atoms with E-state index in [1.165, 1.54) is 0 Å². The van der Waals surface area contributed by atoms with E-state index >= 15 is 0 Å². The molecule has 2 aromatic carbocycles. The summed E-state index contributed by atoms with van der Waals surface area (Å²) in [7, 11) is 0. The first-order chi connectivity index (χ1) is 11.5. The summed E-state index contributed by atoms with van der Waals surface area (Å²) in [6.07, 6.45) is -0.288. The largest absolute Gasteiger partial charge is 0.481 e. The molecule has 0 unspecified atom stereocenters. The van der Waals surface area contributed by atoms with Crippen LogP contribution in [0.5, 0.6) is 0 Å². The normalized spacial score (nSPS) is 10.6. The Hall–Kier alpha value is -2.50. The average Bonchev–Trinajstić information content (AvgIpc) is 2.55. The minimum Gasteiger partial charge on any atom is -0.481 e. The van der Waals surface area contributed by atoms with E-state index in [-0.39, 0.29) is 12.2 Å². The number of hydrogen-bond acceptors (Lipinski definition) is 4. The average molecular weight is 360 g/mol. The van der Waals surface area contributed by atoms with Crippen molar-refractivity contribution < 1.29 is 9.90 Å². The lowest BCUT2D eigenvalue weighted by Gasteiger charge is -2.07. The molecular weight excluding hydrogens is 349 g/mol. The van der Waals surface area contributed by atoms with Crippen LogP contribution in [-0.4, -0.2) is 26.0 Å². The van der Waals surface area contributed by atoms with Crippen molar-refractivity contribution in [3.05, 3.63) is 64.4 Å². The van der Waals surface area contributed by atoms with Crippen LogP contribution in [0.15, 0.2) is 48.5 Å². The van der Waals surface area contributed by atoms with Crippen molar-refractivity contribution in [2.75, 3.05) is 0 Å². The van der Waals surface area contributed by atoms with Crippen molar-refractivity contribution in [1.82, 2.24) is 15.0 Å². The smallest absolute Gasteiger partial charge is 0.311 e. The molecule has 0 amide bonds. The lowest BCUT2D eigenvalue weighted by atomic mass is 10.2. The predicted octanol–water partition coefficient (Wildman–Crippen LogP) is 4.14. The highest BCUT2D eigenvalue weighted by Crippen LogP contribution is 2.23. The topological polar surface area (TPSA) is 76.0 Å². The van der Waals surface area contributed by atoms with Crippen LogP contribution >= 0.6 is 23.2 Å². The quantitative estimate of drug-likeness (QED) is 0.757. The van der Waals surface area contributed by atoms with Crippen LogP contribution in [0.4, 0.5) is 0 Å². The van der Waals surface area contributed by atoms with Gasteiger partial charge in [0.1, 0.15) is 12.2 Å². The summed E-state index contributed by atoms with van der Waals surface area (Å²) in [5.74, 6) is -0.0385. The molecule has 7 heteroatoms. The SMILES string of the molecule is O=C(O)Cc1nc(-c2ccc(Cl)cc2)nc(-c2ccc(Cl)cc2)n1. The Morgan fingerprint density at radius 1 is 0.792 bits per heavy atom. The van der Waals surface area contributed by atoms with Crippen molar-refractivity contribution in [2.45, 2.75) is 6.42 Å². The van der Waals surface area contributed by atoms with Crippen molar-refractivity contribution in [3.63, 3.8) is 0 Å². The molecule has 120 valence electrons. The number of rotatable bonds is 4. The number of halogens is 2. The van der Waals surface area contributed by atoms with Crippen LogP contribution in [0.25, 0.3) is 22.8 Å². The molecule has 1 aromatic heterocycles. The first-order valence-electron chi connectivity index (χ1n) is 7.00. The molecule has 0 atom stereocenters. The third-order valence-corrected chi connectivity index (χ3v) is 3.70. The molecule has 0 aliphatic heterocycles. The van der Waals surface area contributed by atoms with Gasteiger partial charge >= 0.3 is 5.97 Å². The van der Waals surface area contributed by atoms with Gasteiger partial charge in [0.15, 0.2) is 11.6 Å². The second kappa shape index (κ2) is 6.95. The number of carboxylic acids is 1. The van der Waals surface area contributed by atoms with E-state index in [1.807, 2.05) is 0 Å². The van der Waals surface area contributed by atoms with Gasteiger partial charge in [0, 0.05) is 21.2 Å². The zero-order valence-electron chi connectivity index (χ0n) is 12.3. The zero-order chi connectivity index (χ0) is 17.1. The lowest BCUT2D eigenvalue weighted by molar-refractivity contribution is -0.136. The maximum absolute atomic E-state index is 11.0. The number of benzene rings is 2. The van der Waals surface area contributed by atoms with Crippen molar-refractivity contribution >= 4 is 29.2 Å². The Labute approximate surface area is 147 Å². The molecule has 0 fully saturated rings. The molecule has 0 aliphatic carbocycles. The van der Waals surface area contributed by atoms with Crippen LogP contribution in [0.2, 0.25) is 10.0 Å². The molecule has 1 heterocycles. The summed E-state index contributed by atoms with van der Waals surface area (Å²) >= 11 is 11.8. The fraction of sp³-hybridized carbons (Fsp3) is 0.0588. The van der Waals surface area contributed by atoms with Gasteiger partial charge in [0.25, 0.3) is 0 Å². The van der Waals surface area contributed by atoms with E-state index in [0.717, 1.165) is 11.1 Å². The van der Waals surface area contributed by atoms with Crippen LogP contribution in [0.3, 0.4) is 0 Å². The van der Waals surface area contributed by atoms with E-state index in [9.17, 15) is 4.79 Å². The van der Waals surface area contributed by atoms with Gasteiger partial charge in [-0.25, -0.2) is 15.0 Å². The first kappa shape index (κ1) is 16.4. The van der Waals surface area contributed by atoms with Gasteiger partial charge in [-0.15, -0.1) is 0 Å². The van der Waals surface area contributed by atoms with Crippen LogP contribution < -0.4 is 0 Å². The fourth-order valence-electron chi connectivity index (χ4n) is 2.09. The lowest BCUT2D eigenvalue weighted by Crippen LogP contribution is -2.08. The second-order valence-corrected chi connectivity index (χ2v) is 5.86. The summed E-state index contributed by atoms with van der Waals surface area (Å²) in [4.78, 5) is 23.9. The van der Waals surface area contributed by atoms with Gasteiger partial charge in [-0.1, -0.05) is 23.2 Å². The third kappa shape index (κ3) is 3.88. The summed E-state index contributed by atoms with van der Waals surface area (Å²) in [5.41, 5.74) is 1.45. The van der Waals surface area contributed by atoms with E-state index in [0.29, 0.717) is 21.7 Å². The van der Waals surface area contributed by atoms with Gasteiger partial charge < -0.3 is 5.11 Å². The Morgan fingerprint density at radius 3 is 1.58 bits per heavy atom. The molecule has 0 bridgehead atoms. The molecule has 3 aromatic rings. The van der Waals surface area contributed by atoms with E-state index in [1.54, 1.807) is 48.5 Å². The first-order valence-corrected chi connectivity index (χ1v) is 7.75. The van der Waals surface area contributed by atoms with Crippen molar-refractivity contribution in [2.24, 2.45) is 0 Å². The Morgan fingerprint density at radius 2 is 1.21 bits per heavy atom. The fourth-order valence-corrected chi connectivity index (χ4v) is 2.34.